The molecule has 22 heavy (non-hydrogen) atoms. The number of benzene rings is 1. The van der Waals surface area contributed by atoms with Crippen LogP contribution in [0.25, 0.3) is 0 Å². The maximum absolute atomic E-state index is 11.4. The van der Waals surface area contributed by atoms with E-state index < -0.39 is 0 Å². The lowest BCUT2D eigenvalue weighted by molar-refractivity contribution is -0.130. The summed E-state index contributed by atoms with van der Waals surface area (Å²) < 4.78 is 5.16. The minimum absolute atomic E-state index is 0.152. The summed E-state index contributed by atoms with van der Waals surface area (Å²) >= 11 is 0. The number of carbonyl (C=O) groups excluding carboxylic acids is 1. The van der Waals surface area contributed by atoms with Gasteiger partial charge in [-0.2, -0.15) is 5.26 Å². The molecule has 5 nitrogen and oxygen atoms in total. The van der Waals surface area contributed by atoms with Crippen molar-refractivity contribution in [3.8, 4) is 11.8 Å². The van der Waals surface area contributed by atoms with Gasteiger partial charge in [-0.05, 0) is 30.0 Å². The van der Waals surface area contributed by atoms with E-state index in [2.05, 4.69) is 18.3 Å². The van der Waals surface area contributed by atoms with E-state index in [1.165, 1.54) is 0 Å². The van der Waals surface area contributed by atoms with Crippen LogP contribution in [-0.2, 0) is 11.3 Å². The largest absolute Gasteiger partial charge is 0.495 e. The zero-order valence-electron chi connectivity index (χ0n) is 13.4. The van der Waals surface area contributed by atoms with E-state index in [1.54, 1.807) is 14.0 Å². The fourth-order valence-corrected chi connectivity index (χ4v) is 2.94. The van der Waals surface area contributed by atoms with E-state index in [9.17, 15) is 4.79 Å². The van der Waals surface area contributed by atoms with Crippen LogP contribution in [0.15, 0.2) is 18.2 Å². The first-order valence-corrected chi connectivity index (χ1v) is 7.61. The third-order valence-corrected chi connectivity index (χ3v) is 4.30. The van der Waals surface area contributed by atoms with Gasteiger partial charge in [-0.25, -0.2) is 0 Å². The smallest absolute Gasteiger partial charge is 0.219 e. The van der Waals surface area contributed by atoms with Gasteiger partial charge in [0.05, 0.1) is 12.7 Å². The molecule has 1 aliphatic heterocycles. The SMILES string of the molecule is COc1ccc(CN[C@H]2CCN(C(C)=O)C[C@@H]2C)cc1C#N. The average molecular weight is 301 g/mol. The third-order valence-electron chi connectivity index (χ3n) is 4.30. The van der Waals surface area contributed by atoms with Gasteiger partial charge in [-0.1, -0.05) is 13.0 Å². The van der Waals surface area contributed by atoms with Gasteiger partial charge >= 0.3 is 0 Å². The number of ether oxygens (including phenoxy) is 1. The summed E-state index contributed by atoms with van der Waals surface area (Å²) in [6, 6.07) is 8.21. The quantitative estimate of drug-likeness (QED) is 0.922. The Morgan fingerprint density at radius 1 is 1.55 bits per heavy atom. The van der Waals surface area contributed by atoms with Crippen LogP contribution < -0.4 is 10.1 Å². The average Bonchev–Trinajstić information content (AvgIpc) is 2.53. The molecular weight excluding hydrogens is 278 g/mol. The highest BCUT2D eigenvalue weighted by Crippen LogP contribution is 2.20. The molecular formula is C17H23N3O2. The number of carbonyl (C=O) groups is 1. The molecule has 0 aromatic heterocycles. The number of methoxy groups -OCH3 is 1. The molecule has 1 aromatic rings. The molecule has 1 aliphatic rings. The van der Waals surface area contributed by atoms with Crippen molar-refractivity contribution >= 4 is 5.91 Å². The number of rotatable bonds is 4. The van der Waals surface area contributed by atoms with Gasteiger partial charge in [0.2, 0.25) is 5.91 Å². The van der Waals surface area contributed by atoms with Crippen molar-refractivity contribution in [1.29, 1.82) is 5.26 Å². The highest BCUT2D eigenvalue weighted by atomic mass is 16.5. The zero-order valence-corrected chi connectivity index (χ0v) is 13.4. The highest BCUT2D eigenvalue weighted by Gasteiger charge is 2.26. The van der Waals surface area contributed by atoms with E-state index in [0.29, 0.717) is 29.8 Å². The first-order chi connectivity index (χ1) is 10.5. The van der Waals surface area contributed by atoms with Crippen LogP contribution >= 0.6 is 0 Å². The number of nitriles is 1. The van der Waals surface area contributed by atoms with Gasteiger partial charge in [0.25, 0.3) is 0 Å². The highest BCUT2D eigenvalue weighted by molar-refractivity contribution is 5.73. The Morgan fingerprint density at radius 2 is 2.32 bits per heavy atom. The predicted molar refractivity (Wildman–Crippen MR) is 84.4 cm³/mol. The van der Waals surface area contributed by atoms with Crippen molar-refractivity contribution in [3.63, 3.8) is 0 Å². The van der Waals surface area contributed by atoms with Crippen molar-refractivity contribution in [2.75, 3.05) is 20.2 Å². The molecule has 1 heterocycles. The Kier molecular flexibility index (Phi) is 5.40. The van der Waals surface area contributed by atoms with Crippen LogP contribution in [0.2, 0.25) is 0 Å². The molecule has 1 aromatic carbocycles. The van der Waals surface area contributed by atoms with Crippen molar-refractivity contribution in [1.82, 2.24) is 10.2 Å². The van der Waals surface area contributed by atoms with Crippen LogP contribution in [-0.4, -0.2) is 37.0 Å². The second kappa shape index (κ2) is 7.28. The van der Waals surface area contributed by atoms with E-state index in [1.807, 2.05) is 23.1 Å². The molecule has 0 saturated carbocycles. The molecule has 1 fully saturated rings. The Bertz CT molecular complexity index is 580. The summed E-state index contributed by atoms with van der Waals surface area (Å²) in [5.41, 5.74) is 1.62. The lowest BCUT2D eigenvalue weighted by Crippen LogP contribution is -2.49. The fraction of sp³-hybridized carbons (Fsp3) is 0.529. The fourth-order valence-electron chi connectivity index (χ4n) is 2.94. The van der Waals surface area contributed by atoms with E-state index in [-0.39, 0.29) is 5.91 Å². The lowest BCUT2D eigenvalue weighted by Gasteiger charge is -2.37. The number of nitrogens with one attached hydrogen (secondary N) is 1. The molecule has 5 heteroatoms. The zero-order chi connectivity index (χ0) is 16.1. The standard InChI is InChI=1S/C17H23N3O2/c1-12-11-20(13(2)21)7-6-16(12)19-10-14-4-5-17(22-3)15(8-14)9-18/h4-5,8,12,16,19H,6-7,10-11H2,1-3H3/t12-,16-/m0/s1. The number of amides is 1. The van der Waals surface area contributed by atoms with Crippen LogP contribution in [0.1, 0.15) is 31.4 Å². The maximum atomic E-state index is 11.4. The molecule has 0 unspecified atom stereocenters. The molecule has 0 spiro atoms. The molecule has 2 atom stereocenters. The minimum Gasteiger partial charge on any atom is -0.495 e. The van der Waals surface area contributed by atoms with Gasteiger partial charge in [-0.3, -0.25) is 4.79 Å². The van der Waals surface area contributed by atoms with Crippen LogP contribution in [0.4, 0.5) is 0 Å². The normalized spacial score (nSPS) is 21.3. The van der Waals surface area contributed by atoms with Crippen molar-refractivity contribution < 1.29 is 9.53 Å². The van der Waals surface area contributed by atoms with Crippen molar-refractivity contribution in [3.05, 3.63) is 29.3 Å². The number of hydrogen-bond donors (Lipinski definition) is 1. The van der Waals surface area contributed by atoms with Gasteiger partial charge in [0.1, 0.15) is 11.8 Å². The van der Waals surface area contributed by atoms with Crippen molar-refractivity contribution in [2.24, 2.45) is 5.92 Å². The lowest BCUT2D eigenvalue weighted by atomic mass is 9.93. The minimum atomic E-state index is 0.152. The van der Waals surface area contributed by atoms with Gasteiger partial charge in [0, 0.05) is 32.6 Å². The topological polar surface area (TPSA) is 65.4 Å². The summed E-state index contributed by atoms with van der Waals surface area (Å²) in [7, 11) is 1.57. The maximum Gasteiger partial charge on any atom is 0.219 e. The Hall–Kier alpha value is -2.06. The van der Waals surface area contributed by atoms with Crippen LogP contribution in [0.3, 0.4) is 0 Å². The van der Waals surface area contributed by atoms with E-state index >= 15 is 0 Å². The van der Waals surface area contributed by atoms with Crippen molar-refractivity contribution in [2.45, 2.75) is 32.9 Å². The molecule has 0 radical (unpaired) electrons. The molecule has 1 amide bonds. The van der Waals surface area contributed by atoms with Gasteiger partial charge < -0.3 is 15.0 Å². The number of nitrogens with zero attached hydrogens (tertiary/aromatic N) is 2. The monoisotopic (exact) mass is 301 g/mol. The second-order valence-electron chi connectivity index (χ2n) is 5.86. The first-order valence-electron chi connectivity index (χ1n) is 7.61. The molecule has 118 valence electrons. The molecule has 0 bridgehead atoms. The Labute approximate surface area is 131 Å². The second-order valence-corrected chi connectivity index (χ2v) is 5.86. The Balaban J connectivity index is 1.94. The number of hydrogen-bond acceptors (Lipinski definition) is 4. The third kappa shape index (κ3) is 3.77. The molecule has 2 rings (SSSR count). The molecule has 1 saturated heterocycles. The number of likely N-dealkylation sites (tertiary alicyclic amines) is 1. The molecule has 0 aliphatic carbocycles. The predicted octanol–water partition coefficient (Wildman–Crippen LogP) is 1.91. The molecule has 1 N–H and O–H groups in total. The summed E-state index contributed by atoms with van der Waals surface area (Å²) in [6.07, 6.45) is 0.960. The van der Waals surface area contributed by atoms with Gasteiger partial charge in [0.15, 0.2) is 0 Å². The Morgan fingerprint density at radius 3 is 2.91 bits per heavy atom. The van der Waals surface area contributed by atoms with Crippen LogP contribution in [0.5, 0.6) is 5.75 Å². The van der Waals surface area contributed by atoms with E-state index in [4.69, 9.17) is 10.00 Å². The number of piperidine rings is 1. The summed E-state index contributed by atoms with van der Waals surface area (Å²) in [6.45, 7) is 6.12. The first kappa shape index (κ1) is 16.3. The van der Waals surface area contributed by atoms with Gasteiger partial charge in [-0.15, -0.1) is 0 Å². The van der Waals surface area contributed by atoms with Crippen LogP contribution in [0, 0.1) is 17.2 Å². The summed E-state index contributed by atoms with van der Waals surface area (Å²) in [5.74, 6) is 1.18. The van der Waals surface area contributed by atoms with E-state index in [0.717, 1.165) is 25.1 Å². The summed E-state index contributed by atoms with van der Waals surface area (Å²) in [5, 5.41) is 12.7. The summed E-state index contributed by atoms with van der Waals surface area (Å²) in [4.78, 5) is 13.3.